The molecule has 0 bridgehead atoms. The van der Waals surface area contributed by atoms with Crippen LogP contribution in [0.1, 0.15) is 30.8 Å². The number of hydrogen-bond donors (Lipinski definition) is 3. The Balaban J connectivity index is 2.92. The van der Waals surface area contributed by atoms with Crippen LogP contribution in [0.4, 0.5) is 0 Å². The minimum Gasteiger partial charge on any atom is -0.491 e. The zero-order chi connectivity index (χ0) is 15.3. The van der Waals surface area contributed by atoms with Crippen molar-refractivity contribution in [3.8, 4) is 5.75 Å². The van der Waals surface area contributed by atoms with Gasteiger partial charge >= 0.3 is 0 Å². The van der Waals surface area contributed by atoms with Crippen molar-refractivity contribution < 1.29 is 14.3 Å². The molecular formula is C13H19N3O4. The van der Waals surface area contributed by atoms with E-state index >= 15 is 0 Å². The number of amides is 2. The second-order valence-corrected chi connectivity index (χ2v) is 4.52. The van der Waals surface area contributed by atoms with E-state index in [-0.39, 0.29) is 17.4 Å². The molecule has 0 spiro atoms. The highest BCUT2D eigenvalue weighted by molar-refractivity contribution is 5.95. The fraction of sp³-hybridized carbons (Fsp3) is 0.462. The molecule has 0 unspecified atom stereocenters. The fourth-order valence-corrected chi connectivity index (χ4v) is 1.70. The molecule has 1 aromatic heterocycles. The average molecular weight is 281 g/mol. The number of H-pyrrole nitrogens is 1. The molecule has 1 rings (SSSR count). The normalized spacial score (nSPS) is 13.3. The Morgan fingerprint density at radius 1 is 1.50 bits per heavy atom. The van der Waals surface area contributed by atoms with Crippen LogP contribution in [0.25, 0.3) is 0 Å². The van der Waals surface area contributed by atoms with Gasteiger partial charge in [-0.25, -0.2) is 0 Å². The number of carbonyl (C=O) groups is 2. The lowest BCUT2D eigenvalue weighted by Gasteiger charge is -2.20. The summed E-state index contributed by atoms with van der Waals surface area (Å²) < 4.78 is 4.81. The van der Waals surface area contributed by atoms with Gasteiger partial charge in [-0.3, -0.25) is 14.4 Å². The van der Waals surface area contributed by atoms with Crippen molar-refractivity contribution in [2.45, 2.75) is 26.3 Å². The zero-order valence-corrected chi connectivity index (χ0v) is 11.7. The van der Waals surface area contributed by atoms with E-state index < -0.39 is 23.3 Å². The maximum Gasteiger partial charge on any atom is 0.268 e. The Bertz CT molecular complexity index is 553. The van der Waals surface area contributed by atoms with Gasteiger partial charge < -0.3 is 20.8 Å². The molecule has 2 amide bonds. The van der Waals surface area contributed by atoms with Gasteiger partial charge in [-0.2, -0.15) is 0 Å². The van der Waals surface area contributed by atoms with E-state index in [0.29, 0.717) is 6.42 Å². The van der Waals surface area contributed by atoms with Gasteiger partial charge in [0.2, 0.25) is 11.3 Å². The first-order valence-corrected chi connectivity index (χ1v) is 6.27. The van der Waals surface area contributed by atoms with Crippen LogP contribution in [-0.4, -0.2) is 29.9 Å². The molecule has 0 fully saturated rings. The largest absolute Gasteiger partial charge is 0.491 e. The Morgan fingerprint density at radius 2 is 2.15 bits per heavy atom. The third kappa shape index (κ3) is 3.59. The lowest BCUT2D eigenvalue weighted by atomic mass is 9.98. The van der Waals surface area contributed by atoms with E-state index in [1.807, 2.05) is 13.8 Å². The summed E-state index contributed by atoms with van der Waals surface area (Å²) in [6.45, 7) is 3.70. The summed E-state index contributed by atoms with van der Waals surface area (Å²) in [5.41, 5.74) is 4.90. The van der Waals surface area contributed by atoms with E-state index in [1.165, 1.54) is 13.3 Å². The predicted molar refractivity (Wildman–Crippen MR) is 73.5 cm³/mol. The molecule has 1 aromatic rings. The Labute approximate surface area is 116 Å². The number of primary amides is 1. The van der Waals surface area contributed by atoms with Crippen LogP contribution in [0.2, 0.25) is 0 Å². The van der Waals surface area contributed by atoms with Crippen LogP contribution in [0.15, 0.2) is 17.1 Å². The predicted octanol–water partition coefficient (Wildman–Crippen LogP) is 0.0133. The van der Waals surface area contributed by atoms with Crippen molar-refractivity contribution in [2.75, 3.05) is 7.11 Å². The van der Waals surface area contributed by atoms with E-state index in [9.17, 15) is 14.4 Å². The quantitative estimate of drug-likeness (QED) is 0.681. The zero-order valence-electron chi connectivity index (χ0n) is 11.7. The number of methoxy groups -OCH3 is 1. The third-order valence-electron chi connectivity index (χ3n) is 3.15. The second kappa shape index (κ2) is 6.74. The minimum absolute atomic E-state index is 0.0466. The number of pyridine rings is 1. The van der Waals surface area contributed by atoms with Gasteiger partial charge in [-0.1, -0.05) is 20.3 Å². The number of hydrogen-bond acceptors (Lipinski definition) is 4. The number of nitrogens with one attached hydrogen (secondary N) is 2. The fourth-order valence-electron chi connectivity index (χ4n) is 1.70. The molecule has 0 radical (unpaired) electrons. The maximum atomic E-state index is 12.0. The summed E-state index contributed by atoms with van der Waals surface area (Å²) in [5, 5.41) is 2.52. The first-order chi connectivity index (χ1) is 9.40. The molecular weight excluding hydrogens is 262 g/mol. The SMILES string of the molecule is CC[C@H](C)[C@H](NC(=O)c1cc(=O)c(OC)c[nH]1)C(N)=O. The van der Waals surface area contributed by atoms with Gasteiger partial charge in [0.05, 0.1) is 7.11 Å². The Morgan fingerprint density at radius 3 is 2.60 bits per heavy atom. The van der Waals surface area contributed by atoms with Crippen molar-refractivity contribution in [3.05, 3.63) is 28.2 Å². The van der Waals surface area contributed by atoms with Crippen LogP contribution < -0.4 is 21.2 Å². The second-order valence-electron chi connectivity index (χ2n) is 4.52. The van der Waals surface area contributed by atoms with Crippen molar-refractivity contribution in [1.29, 1.82) is 0 Å². The van der Waals surface area contributed by atoms with Gasteiger partial charge in [0.15, 0.2) is 5.75 Å². The van der Waals surface area contributed by atoms with Crippen LogP contribution >= 0.6 is 0 Å². The van der Waals surface area contributed by atoms with Crippen molar-refractivity contribution in [3.63, 3.8) is 0 Å². The summed E-state index contributed by atoms with van der Waals surface area (Å²) in [6.07, 6.45) is 1.98. The average Bonchev–Trinajstić information content (AvgIpc) is 2.43. The standard InChI is InChI=1S/C13H19N3O4/c1-4-7(2)11(12(14)18)16-13(19)8-5-9(17)10(20-3)6-15-8/h5-7,11H,4H2,1-3H3,(H2,14,18)(H,15,17)(H,16,19)/t7-,11-/m0/s1. The lowest BCUT2D eigenvalue weighted by molar-refractivity contribution is -0.120. The molecule has 0 aliphatic rings. The summed E-state index contributed by atoms with van der Waals surface area (Å²) in [7, 11) is 1.36. The number of aromatic amines is 1. The lowest BCUT2D eigenvalue weighted by Crippen LogP contribution is -2.48. The molecule has 0 aliphatic carbocycles. The number of ether oxygens (including phenoxy) is 1. The van der Waals surface area contributed by atoms with Crippen LogP contribution in [0.5, 0.6) is 5.75 Å². The monoisotopic (exact) mass is 281 g/mol. The molecule has 2 atom stereocenters. The highest BCUT2D eigenvalue weighted by Crippen LogP contribution is 2.08. The molecule has 4 N–H and O–H groups in total. The van der Waals surface area contributed by atoms with Crippen molar-refractivity contribution in [1.82, 2.24) is 10.3 Å². The highest BCUT2D eigenvalue weighted by atomic mass is 16.5. The Kier molecular flexibility index (Phi) is 5.31. The molecule has 1 heterocycles. The first-order valence-electron chi connectivity index (χ1n) is 6.27. The number of aromatic nitrogens is 1. The van der Waals surface area contributed by atoms with Crippen LogP contribution in [0, 0.1) is 5.92 Å². The summed E-state index contributed by atoms with van der Waals surface area (Å²) in [6, 6.07) is 0.334. The number of nitrogens with two attached hydrogens (primary N) is 1. The number of rotatable bonds is 6. The van der Waals surface area contributed by atoms with Crippen LogP contribution in [-0.2, 0) is 4.79 Å². The van der Waals surface area contributed by atoms with Crippen LogP contribution in [0.3, 0.4) is 0 Å². The van der Waals surface area contributed by atoms with E-state index in [1.54, 1.807) is 0 Å². The highest BCUT2D eigenvalue weighted by Gasteiger charge is 2.24. The van der Waals surface area contributed by atoms with Crippen molar-refractivity contribution >= 4 is 11.8 Å². The van der Waals surface area contributed by atoms with Gasteiger partial charge in [0.25, 0.3) is 5.91 Å². The Hall–Kier alpha value is -2.31. The smallest absolute Gasteiger partial charge is 0.268 e. The van der Waals surface area contributed by atoms with Gasteiger partial charge in [-0.15, -0.1) is 0 Å². The van der Waals surface area contributed by atoms with E-state index in [0.717, 1.165) is 6.07 Å². The topological polar surface area (TPSA) is 114 Å². The molecule has 7 heteroatoms. The molecule has 20 heavy (non-hydrogen) atoms. The maximum absolute atomic E-state index is 12.0. The van der Waals surface area contributed by atoms with Gasteiger partial charge in [0, 0.05) is 12.3 Å². The third-order valence-corrected chi connectivity index (χ3v) is 3.15. The molecule has 0 aromatic carbocycles. The summed E-state index contributed by atoms with van der Waals surface area (Å²) >= 11 is 0. The number of carbonyl (C=O) groups excluding carboxylic acids is 2. The molecule has 0 saturated heterocycles. The molecule has 110 valence electrons. The van der Waals surface area contributed by atoms with Gasteiger partial charge in [-0.05, 0) is 5.92 Å². The van der Waals surface area contributed by atoms with E-state index in [2.05, 4.69) is 10.3 Å². The van der Waals surface area contributed by atoms with E-state index in [4.69, 9.17) is 10.5 Å². The molecule has 0 aliphatic heterocycles. The molecule has 7 nitrogen and oxygen atoms in total. The summed E-state index contributed by atoms with van der Waals surface area (Å²) in [4.78, 5) is 37.6. The van der Waals surface area contributed by atoms with Crippen molar-refractivity contribution in [2.24, 2.45) is 11.7 Å². The summed E-state index contributed by atoms with van der Waals surface area (Å²) in [5.74, 6) is -1.16. The minimum atomic E-state index is -0.780. The molecule has 0 saturated carbocycles. The van der Waals surface area contributed by atoms with Gasteiger partial charge in [0.1, 0.15) is 11.7 Å². The first kappa shape index (κ1) is 15.7.